The van der Waals surface area contributed by atoms with Crippen LogP contribution < -0.4 is 15.8 Å². The van der Waals surface area contributed by atoms with Gasteiger partial charge >= 0.3 is 0 Å². The molecule has 2 amide bonds. The zero-order valence-electron chi connectivity index (χ0n) is 11.9. The van der Waals surface area contributed by atoms with Crippen molar-refractivity contribution in [1.29, 1.82) is 0 Å². The summed E-state index contributed by atoms with van der Waals surface area (Å²) >= 11 is 5.99. The molecule has 0 atom stereocenters. The van der Waals surface area contributed by atoms with Crippen LogP contribution in [0.1, 0.15) is 15.9 Å². The summed E-state index contributed by atoms with van der Waals surface area (Å²) in [6, 6.07) is 11.5. The zero-order chi connectivity index (χ0) is 16.1. The van der Waals surface area contributed by atoms with Crippen LogP contribution >= 0.6 is 11.6 Å². The van der Waals surface area contributed by atoms with Gasteiger partial charge in [0, 0.05) is 16.3 Å². The van der Waals surface area contributed by atoms with Gasteiger partial charge in [-0.1, -0.05) is 17.7 Å². The number of carbonyl (C=O) groups excluding carboxylic acids is 2. The summed E-state index contributed by atoms with van der Waals surface area (Å²) in [5.74, 6) is -0.346. The van der Waals surface area contributed by atoms with E-state index in [1.165, 1.54) is 12.1 Å². The molecule has 5 nitrogen and oxygen atoms in total. The topological polar surface area (TPSA) is 81.4 Å². The van der Waals surface area contributed by atoms with Crippen molar-refractivity contribution in [3.05, 3.63) is 58.6 Å². The summed E-state index contributed by atoms with van der Waals surface area (Å²) in [6.07, 6.45) is 0. The molecular weight excluding hydrogens is 304 g/mol. The highest BCUT2D eigenvalue weighted by atomic mass is 35.5. The fraction of sp³-hybridized carbons (Fsp3) is 0.125. The van der Waals surface area contributed by atoms with Gasteiger partial charge in [0.25, 0.3) is 5.91 Å². The fourth-order valence-electron chi connectivity index (χ4n) is 1.73. The molecule has 6 heteroatoms. The van der Waals surface area contributed by atoms with Crippen LogP contribution in [0.4, 0.5) is 5.69 Å². The van der Waals surface area contributed by atoms with Crippen LogP contribution in [0.3, 0.4) is 0 Å². The molecule has 2 aromatic carbocycles. The van der Waals surface area contributed by atoms with Gasteiger partial charge in [0.1, 0.15) is 5.75 Å². The molecule has 114 valence electrons. The van der Waals surface area contributed by atoms with E-state index in [2.05, 4.69) is 5.32 Å². The quantitative estimate of drug-likeness (QED) is 0.889. The van der Waals surface area contributed by atoms with Gasteiger partial charge in [0.2, 0.25) is 5.91 Å². The highest BCUT2D eigenvalue weighted by molar-refractivity contribution is 6.31. The van der Waals surface area contributed by atoms with Gasteiger partial charge in [0.15, 0.2) is 6.61 Å². The van der Waals surface area contributed by atoms with E-state index < -0.39 is 5.91 Å². The Morgan fingerprint density at radius 1 is 1.18 bits per heavy atom. The maximum absolute atomic E-state index is 11.8. The van der Waals surface area contributed by atoms with Gasteiger partial charge in [-0.25, -0.2) is 0 Å². The molecule has 0 spiro atoms. The molecule has 0 unspecified atom stereocenters. The molecule has 0 aliphatic rings. The van der Waals surface area contributed by atoms with Gasteiger partial charge in [-0.05, 0) is 48.9 Å². The molecule has 0 aliphatic carbocycles. The first-order valence-electron chi connectivity index (χ1n) is 6.54. The lowest BCUT2D eigenvalue weighted by Gasteiger charge is -2.08. The number of primary amides is 1. The Labute approximate surface area is 133 Å². The van der Waals surface area contributed by atoms with Gasteiger partial charge in [0.05, 0.1) is 0 Å². The fourth-order valence-corrected chi connectivity index (χ4v) is 1.91. The van der Waals surface area contributed by atoms with Crippen LogP contribution in [-0.4, -0.2) is 18.4 Å². The van der Waals surface area contributed by atoms with Crippen LogP contribution in [0.15, 0.2) is 42.5 Å². The van der Waals surface area contributed by atoms with Gasteiger partial charge < -0.3 is 15.8 Å². The molecule has 0 saturated heterocycles. The maximum atomic E-state index is 11.8. The van der Waals surface area contributed by atoms with Crippen molar-refractivity contribution in [2.45, 2.75) is 6.92 Å². The molecule has 0 radical (unpaired) electrons. The third kappa shape index (κ3) is 4.23. The molecule has 3 N–H and O–H groups in total. The number of hydrogen-bond acceptors (Lipinski definition) is 3. The number of nitrogens with one attached hydrogen (secondary N) is 1. The molecule has 2 aromatic rings. The molecule has 0 fully saturated rings. The van der Waals surface area contributed by atoms with Crippen molar-refractivity contribution in [3.63, 3.8) is 0 Å². The molecule has 0 bridgehead atoms. The number of benzene rings is 2. The molecule has 0 aliphatic heterocycles. The number of anilines is 1. The number of nitrogens with two attached hydrogens (primary N) is 1. The minimum Gasteiger partial charge on any atom is -0.484 e. The summed E-state index contributed by atoms with van der Waals surface area (Å²) < 4.78 is 5.33. The van der Waals surface area contributed by atoms with Crippen LogP contribution in [0.25, 0.3) is 0 Å². The van der Waals surface area contributed by atoms with Crippen LogP contribution in [0, 0.1) is 6.92 Å². The Balaban J connectivity index is 1.89. The smallest absolute Gasteiger partial charge is 0.262 e. The van der Waals surface area contributed by atoms with Crippen molar-refractivity contribution < 1.29 is 14.3 Å². The van der Waals surface area contributed by atoms with E-state index >= 15 is 0 Å². The Morgan fingerprint density at radius 3 is 2.45 bits per heavy atom. The van der Waals surface area contributed by atoms with Gasteiger partial charge in [-0.2, -0.15) is 0 Å². The summed E-state index contributed by atoms with van der Waals surface area (Å²) in [7, 11) is 0. The summed E-state index contributed by atoms with van der Waals surface area (Å²) in [6.45, 7) is 1.73. The third-order valence-electron chi connectivity index (χ3n) is 2.96. The highest BCUT2D eigenvalue weighted by Crippen LogP contribution is 2.20. The second-order valence-electron chi connectivity index (χ2n) is 4.69. The molecule has 0 saturated carbocycles. The lowest BCUT2D eigenvalue weighted by Crippen LogP contribution is -2.20. The first-order chi connectivity index (χ1) is 10.5. The Kier molecular flexibility index (Phi) is 5.01. The Bertz CT molecular complexity index is 699. The molecule has 22 heavy (non-hydrogen) atoms. The summed E-state index contributed by atoms with van der Waals surface area (Å²) in [5.41, 5.74) is 7.06. The van der Waals surface area contributed by atoms with E-state index in [0.29, 0.717) is 22.0 Å². The number of hydrogen-bond donors (Lipinski definition) is 2. The van der Waals surface area contributed by atoms with Crippen LogP contribution in [0.2, 0.25) is 5.02 Å². The molecule has 0 heterocycles. The van der Waals surface area contributed by atoms with E-state index in [9.17, 15) is 9.59 Å². The first-order valence-corrected chi connectivity index (χ1v) is 6.92. The number of ether oxygens (including phenoxy) is 1. The monoisotopic (exact) mass is 318 g/mol. The van der Waals surface area contributed by atoms with Crippen molar-refractivity contribution >= 4 is 29.1 Å². The van der Waals surface area contributed by atoms with Gasteiger partial charge in [-0.15, -0.1) is 0 Å². The first kappa shape index (κ1) is 15.9. The normalized spacial score (nSPS) is 10.1. The zero-order valence-corrected chi connectivity index (χ0v) is 12.7. The average molecular weight is 319 g/mol. The highest BCUT2D eigenvalue weighted by Gasteiger charge is 2.06. The maximum Gasteiger partial charge on any atom is 0.262 e. The number of aryl methyl sites for hydroxylation is 1. The Morgan fingerprint density at radius 2 is 1.86 bits per heavy atom. The van der Waals surface area contributed by atoms with Crippen molar-refractivity contribution in [2.24, 2.45) is 5.73 Å². The minimum absolute atomic E-state index is 0.151. The molecular formula is C16H15ClN2O3. The summed E-state index contributed by atoms with van der Waals surface area (Å²) in [4.78, 5) is 22.7. The largest absolute Gasteiger partial charge is 0.484 e. The minimum atomic E-state index is -0.513. The van der Waals surface area contributed by atoms with E-state index in [4.69, 9.17) is 22.1 Å². The molecule has 2 rings (SSSR count). The SMILES string of the molecule is Cc1ccc(NC(=O)COc2ccc(C(N)=O)cc2)cc1Cl. The van der Waals surface area contributed by atoms with Crippen molar-refractivity contribution in [1.82, 2.24) is 0 Å². The second-order valence-corrected chi connectivity index (χ2v) is 5.10. The number of rotatable bonds is 5. The predicted molar refractivity (Wildman–Crippen MR) is 85.3 cm³/mol. The number of carbonyl (C=O) groups is 2. The van der Waals surface area contributed by atoms with Gasteiger partial charge in [-0.3, -0.25) is 9.59 Å². The van der Waals surface area contributed by atoms with E-state index in [1.807, 2.05) is 13.0 Å². The third-order valence-corrected chi connectivity index (χ3v) is 3.37. The van der Waals surface area contributed by atoms with E-state index in [-0.39, 0.29) is 12.5 Å². The predicted octanol–water partition coefficient (Wildman–Crippen LogP) is 2.76. The second kappa shape index (κ2) is 6.95. The number of halogens is 1. The lowest BCUT2D eigenvalue weighted by atomic mass is 10.2. The molecule has 0 aromatic heterocycles. The van der Waals surface area contributed by atoms with Crippen LogP contribution in [-0.2, 0) is 4.79 Å². The lowest BCUT2D eigenvalue weighted by molar-refractivity contribution is -0.118. The Hall–Kier alpha value is -2.53. The average Bonchev–Trinajstić information content (AvgIpc) is 2.49. The standard InChI is InChI=1S/C16H15ClN2O3/c1-10-2-5-12(8-14(10)17)19-15(20)9-22-13-6-3-11(4-7-13)16(18)21/h2-8H,9H2,1H3,(H2,18,21)(H,19,20). The van der Waals surface area contributed by atoms with Crippen molar-refractivity contribution in [2.75, 3.05) is 11.9 Å². The van der Waals surface area contributed by atoms with Crippen LogP contribution in [0.5, 0.6) is 5.75 Å². The number of amides is 2. The van der Waals surface area contributed by atoms with Crippen molar-refractivity contribution in [3.8, 4) is 5.75 Å². The van der Waals surface area contributed by atoms with E-state index in [1.54, 1.807) is 24.3 Å². The van der Waals surface area contributed by atoms with E-state index in [0.717, 1.165) is 5.56 Å². The summed E-state index contributed by atoms with van der Waals surface area (Å²) in [5, 5.41) is 3.27.